The summed E-state index contributed by atoms with van der Waals surface area (Å²) in [5.74, 6) is -2.61. The molecule has 11 heteroatoms. The zero-order valence-corrected chi connectivity index (χ0v) is 20.8. The Bertz CT molecular complexity index is 1170. The molecule has 3 saturated heterocycles. The summed E-state index contributed by atoms with van der Waals surface area (Å²) in [5, 5.41) is 21.4. The van der Waals surface area contributed by atoms with E-state index in [9.17, 15) is 19.5 Å². The van der Waals surface area contributed by atoms with Gasteiger partial charge in [-0.3, -0.25) is 14.4 Å². The predicted molar refractivity (Wildman–Crippen MR) is 127 cm³/mol. The van der Waals surface area contributed by atoms with E-state index in [4.69, 9.17) is 9.47 Å². The van der Waals surface area contributed by atoms with Crippen molar-refractivity contribution in [2.75, 3.05) is 13.2 Å². The molecule has 0 saturated carbocycles. The van der Waals surface area contributed by atoms with Crippen LogP contribution >= 0.6 is 0 Å². The van der Waals surface area contributed by atoms with E-state index >= 15 is 0 Å². The van der Waals surface area contributed by atoms with Crippen molar-refractivity contribution in [2.24, 2.45) is 17.8 Å². The maximum Gasteiger partial charge on any atom is 0.312 e. The van der Waals surface area contributed by atoms with Crippen LogP contribution in [-0.4, -0.2) is 79.8 Å². The highest BCUT2D eigenvalue weighted by Gasteiger charge is 2.75. The van der Waals surface area contributed by atoms with Crippen molar-refractivity contribution in [3.05, 3.63) is 24.3 Å². The van der Waals surface area contributed by atoms with Crippen LogP contribution in [0.25, 0.3) is 11.0 Å². The van der Waals surface area contributed by atoms with Gasteiger partial charge in [-0.05, 0) is 44.2 Å². The van der Waals surface area contributed by atoms with Crippen molar-refractivity contribution in [2.45, 2.75) is 70.5 Å². The molecule has 3 fully saturated rings. The number of aromatic nitrogens is 3. The van der Waals surface area contributed by atoms with Gasteiger partial charge in [-0.2, -0.15) is 0 Å². The summed E-state index contributed by atoms with van der Waals surface area (Å²) in [5.41, 5.74) is 0.329. The smallest absolute Gasteiger partial charge is 0.312 e. The molecule has 2 aromatic rings. The highest BCUT2D eigenvalue weighted by Crippen LogP contribution is 2.59. The Labute approximate surface area is 209 Å². The number of hydrogen-bond acceptors (Lipinski definition) is 8. The molecule has 11 nitrogen and oxygen atoms in total. The van der Waals surface area contributed by atoms with Gasteiger partial charge in [0.1, 0.15) is 23.8 Å². The normalized spacial score (nSPS) is 29.7. The molecule has 2 bridgehead atoms. The lowest BCUT2D eigenvalue weighted by atomic mass is 9.71. The lowest BCUT2D eigenvalue weighted by molar-refractivity contribution is -0.155. The van der Waals surface area contributed by atoms with Crippen LogP contribution in [0.4, 0.5) is 0 Å². The second-order valence-corrected chi connectivity index (χ2v) is 10.3. The van der Waals surface area contributed by atoms with Gasteiger partial charge in [0.2, 0.25) is 11.8 Å². The number of ether oxygens (including phenoxy) is 2. The van der Waals surface area contributed by atoms with Crippen molar-refractivity contribution < 1.29 is 29.0 Å². The number of nitrogens with one attached hydrogen (secondary N) is 1. The number of aliphatic hydroxyl groups is 1. The number of nitrogens with zero attached hydrogens (tertiary/aromatic N) is 4. The van der Waals surface area contributed by atoms with E-state index in [1.807, 2.05) is 38.1 Å². The topological polar surface area (TPSA) is 136 Å². The van der Waals surface area contributed by atoms with Crippen LogP contribution in [0.2, 0.25) is 0 Å². The molecular weight excluding hydrogens is 466 g/mol. The summed E-state index contributed by atoms with van der Waals surface area (Å²) in [7, 11) is 0. The number of fused-ring (bicyclic) bond motifs is 2. The molecule has 194 valence electrons. The van der Waals surface area contributed by atoms with Gasteiger partial charge in [0.05, 0.1) is 42.7 Å². The van der Waals surface area contributed by atoms with Crippen LogP contribution in [0.3, 0.4) is 0 Å². The summed E-state index contributed by atoms with van der Waals surface area (Å²) in [6.07, 6.45) is 1.08. The molecule has 5 rings (SSSR count). The zero-order chi connectivity index (χ0) is 25.6. The van der Waals surface area contributed by atoms with Gasteiger partial charge in [0.25, 0.3) is 0 Å². The fraction of sp³-hybridized carbons (Fsp3) is 0.640. The minimum absolute atomic E-state index is 0.0529. The first-order valence-electron chi connectivity index (χ1n) is 12.7. The van der Waals surface area contributed by atoms with Crippen molar-refractivity contribution >= 4 is 28.8 Å². The Morgan fingerprint density at radius 2 is 2.11 bits per heavy atom. The largest absolute Gasteiger partial charge is 0.466 e. The number of likely N-dealkylation sites (tertiary alicyclic amines) is 1. The number of amides is 2. The second kappa shape index (κ2) is 9.44. The van der Waals surface area contributed by atoms with E-state index in [1.54, 1.807) is 11.6 Å². The van der Waals surface area contributed by atoms with E-state index in [0.29, 0.717) is 24.8 Å². The first-order valence-corrected chi connectivity index (χ1v) is 12.7. The number of aliphatic hydroxyl groups excluding tert-OH is 1. The SMILES string of the molecule is CCOC(=O)[C@@H]1[C@H]2C(=O)N([C@@H](CO)CC(C)C)[C@H](C(=O)NCn3nnc4ccccc43)[C@]23CC[C@H]1O3. The third-order valence-corrected chi connectivity index (χ3v) is 7.72. The summed E-state index contributed by atoms with van der Waals surface area (Å²) in [4.78, 5) is 42.1. The van der Waals surface area contributed by atoms with Gasteiger partial charge in [-0.25, -0.2) is 4.68 Å². The average Bonchev–Trinajstić information content (AvgIpc) is 3.60. The molecule has 2 N–H and O–H groups in total. The minimum Gasteiger partial charge on any atom is -0.466 e. The highest BCUT2D eigenvalue weighted by molar-refractivity contribution is 5.98. The Morgan fingerprint density at radius 3 is 2.83 bits per heavy atom. The fourth-order valence-electron chi connectivity index (χ4n) is 6.39. The minimum atomic E-state index is -1.14. The van der Waals surface area contributed by atoms with Crippen LogP contribution in [0, 0.1) is 17.8 Å². The summed E-state index contributed by atoms with van der Waals surface area (Å²) >= 11 is 0. The third kappa shape index (κ3) is 3.76. The molecule has 1 aromatic heterocycles. The van der Waals surface area contributed by atoms with Crippen LogP contribution in [-0.2, 0) is 30.5 Å². The van der Waals surface area contributed by atoms with Gasteiger partial charge >= 0.3 is 5.97 Å². The predicted octanol–water partition coefficient (Wildman–Crippen LogP) is 0.850. The molecule has 4 heterocycles. The number of esters is 1. The van der Waals surface area contributed by atoms with E-state index in [2.05, 4.69) is 15.6 Å². The Hall–Kier alpha value is -3.05. The molecule has 1 spiro atoms. The Kier molecular flexibility index (Phi) is 6.46. The third-order valence-electron chi connectivity index (χ3n) is 7.72. The number of benzene rings is 1. The fourth-order valence-corrected chi connectivity index (χ4v) is 6.39. The van der Waals surface area contributed by atoms with Crippen molar-refractivity contribution in [3.8, 4) is 0 Å². The first kappa shape index (κ1) is 24.6. The van der Waals surface area contributed by atoms with Crippen molar-refractivity contribution in [3.63, 3.8) is 0 Å². The Balaban J connectivity index is 1.48. The van der Waals surface area contributed by atoms with Gasteiger partial charge in [0.15, 0.2) is 0 Å². The summed E-state index contributed by atoms with van der Waals surface area (Å²) in [6.45, 7) is 5.67. The zero-order valence-electron chi connectivity index (χ0n) is 20.8. The monoisotopic (exact) mass is 499 g/mol. The molecule has 3 aliphatic rings. The van der Waals surface area contributed by atoms with Gasteiger partial charge < -0.3 is 24.8 Å². The maximum absolute atomic E-state index is 13.9. The van der Waals surface area contributed by atoms with Gasteiger partial charge in [0, 0.05) is 0 Å². The molecule has 6 atom stereocenters. The summed E-state index contributed by atoms with van der Waals surface area (Å²) < 4.78 is 13.2. The molecule has 1 aromatic carbocycles. The van der Waals surface area contributed by atoms with Crippen LogP contribution < -0.4 is 5.32 Å². The van der Waals surface area contributed by atoms with Crippen LogP contribution in [0.5, 0.6) is 0 Å². The number of carbonyl (C=O) groups excluding carboxylic acids is 3. The van der Waals surface area contributed by atoms with Crippen LogP contribution in [0.1, 0.15) is 40.0 Å². The number of carbonyl (C=O) groups is 3. The first-order chi connectivity index (χ1) is 17.3. The standard InChI is InChI=1S/C25H33N5O6/c1-4-35-24(34)19-18-9-10-25(36-18)20(19)23(33)30(15(12-31)11-14(2)3)21(25)22(32)26-13-29-17-8-6-5-7-16(17)27-28-29/h5-8,14-15,18-21,31H,4,9-13H2,1-3H3,(H,26,32)/t15-,18-,19+,20+,21-,25+/m1/s1. The molecule has 3 aliphatic heterocycles. The Morgan fingerprint density at radius 1 is 1.33 bits per heavy atom. The van der Waals surface area contributed by atoms with Crippen molar-refractivity contribution in [1.82, 2.24) is 25.2 Å². The van der Waals surface area contributed by atoms with Gasteiger partial charge in [-0.15, -0.1) is 5.10 Å². The van der Waals surface area contributed by atoms with E-state index in [-0.39, 0.29) is 31.7 Å². The maximum atomic E-state index is 13.9. The van der Waals surface area contributed by atoms with Crippen molar-refractivity contribution in [1.29, 1.82) is 0 Å². The second-order valence-electron chi connectivity index (χ2n) is 10.3. The average molecular weight is 500 g/mol. The van der Waals surface area contributed by atoms with Crippen LogP contribution in [0.15, 0.2) is 24.3 Å². The molecule has 2 amide bonds. The lowest BCUT2D eigenvalue weighted by Crippen LogP contribution is -2.58. The van der Waals surface area contributed by atoms with Gasteiger partial charge in [-0.1, -0.05) is 31.2 Å². The number of hydrogen-bond donors (Lipinski definition) is 2. The summed E-state index contributed by atoms with van der Waals surface area (Å²) in [6, 6.07) is 5.86. The van der Waals surface area contributed by atoms with E-state index in [0.717, 1.165) is 5.52 Å². The highest BCUT2D eigenvalue weighted by atomic mass is 16.6. The molecular formula is C25H33N5O6. The lowest BCUT2D eigenvalue weighted by Gasteiger charge is -2.37. The quantitative estimate of drug-likeness (QED) is 0.485. The molecule has 0 unspecified atom stereocenters. The van der Waals surface area contributed by atoms with E-state index in [1.165, 1.54) is 4.90 Å². The van der Waals surface area contributed by atoms with E-state index < -0.39 is 47.5 Å². The molecule has 0 aliphatic carbocycles. The number of rotatable bonds is 9. The molecule has 0 radical (unpaired) electrons. The molecule has 36 heavy (non-hydrogen) atoms. The number of para-hydroxylation sites is 1.